The largest absolute Gasteiger partial charge is 0.299 e. The first-order valence-electron chi connectivity index (χ1n) is 6.89. The molecule has 1 aliphatic heterocycles. The molecule has 4 heteroatoms. The van der Waals surface area contributed by atoms with Crippen molar-refractivity contribution in [2.45, 2.75) is 52.5 Å². The van der Waals surface area contributed by atoms with Crippen molar-refractivity contribution in [3.8, 4) is 0 Å². The zero-order valence-corrected chi connectivity index (χ0v) is 12.3. The van der Waals surface area contributed by atoms with Gasteiger partial charge in [0.05, 0.1) is 11.5 Å². The Morgan fingerprint density at radius 1 is 1.29 bits per heavy atom. The molecule has 0 bridgehead atoms. The zero-order chi connectivity index (χ0) is 12.9. The summed E-state index contributed by atoms with van der Waals surface area (Å²) >= 11 is 0. The zero-order valence-electron chi connectivity index (χ0n) is 11.5. The molecule has 1 atom stereocenters. The standard InChI is InChI=1S/C13H27NO2S/c1-4-5-8-14(9-6-12(2)3)13-7-10-17(15,16)11-13/h12-13H,4-11H2,1-3H3. The van der Waals surface area contributed by atoms with E-state index in [1.165, 1.54) is 19.3 Å². The van der Waals surface area contributed by atoms with Crippen LogP contribution < -0.4 is 0 Å². The van der Waals surface area contributed by atoms with Gasteiger partial charge in [0.15, 0.2) is 9.84 Å². The van der Waals surface area contributed by atoms with Crippen molar-refractivity contribution in [2.24, 2.45) is 5.92 Å². The van der Waals surface area contributed by atoms with Gasteiger partial charge in [-0.1, -0.05) is 27.2 Å². The van der Waals surface area contributed by atoms with Crippen LogP contribution in [0.15, 0.2) is 0 Å². The maximum absolute atomic E-state index is 11.5. The maximum Gasteiger partial charge on any atom is 0.151 e. The minimum absolute atomic E-state index is 0.283. The van der Waals surface area contributed by atoms with Crippen LogP contribution in [0.25, 0.3) is 0 Å². The predicted molar refractivity (Wildman–Crippen MR) is 73.0 cm³/mol. The molecule has 1 fully saturated rings. The number of hydrogen-bond acceptors (Lipinski definition) is 3. The molecule has 0 radical (unpaired) electrons. The van der Waals surface area contributed by atoms with Gasteiger partial charge < -0.3 is 0 Å². The molecule has 3 nitrogen and oxygen atoms in total. The van der Waals surface area contributed by atoms with Gasteiger partial charge in [-0.05, 0) is 38.3 Å². The molecule has 1 unspecified atom stereocenters. The van der Waals surface area contributed by atoms with Crippen molar-refractivity contribution in [3.63, 3.8) is 0 Å². The molecule has 0 aromatic rings. The Kier molecular flexibility index (Phi) is 5.93. The molecule has 0 aliphatic carbocycles. The first kappa shape index (κ1) is 15.0. The highest BCUT2D eigenvalue weighted by molar-refractivity contribution is 7.91. The second-order valence-electron chi connectivity index (χ2n) is 5.63. The van der Waals surface area contributed by atoms with E-state index >= 15 is 0 Å². The van der Waals surface area contributed by atoms with E-state index in [-0.39, 0.29) is 6.04 Å². The molecule has 102 valence electrons. The predicted octanol–water partition coefficient (Wildman–Crippen LogP) is 2.32. The van der Waals surface area contributed by atoms with E-state index in [1.54, 1.807) is 0 Å². The molecule has 0 aromatic carbocycles. The first-order chi connectivity index (χ1) is 7.94. The summed E-state index contributed by atoms with van der Waals surface area (Å²) in [4.78, 5) is 2.41. The average Bonchev–Trinajstić information content (AvgIpc) is 2.58. The quantitative estimate of drug-likeness (QED) is 0.706. The lowest BCUT2D eigenvalue weighted by molar-refractivity contribution is 0.198. The molecule has 1 saturated heterocycles. The molecule has 0 amide bonds. The van der Waals surface area contributed by atoms with Gasteiger partial charge in [0.2, 0.25) is 0 Å². The molecule has 1 rings (SSSR count). The summed E-state index contributed by atoms with van der Waals surface area (Å²) in [7, 11) is -2.75. The molecule has 0 aromatic heterocycles. The van der Waals surface area contributed by atoms with Gasteiger partial charge in [0.1, 0.15) is 0 Å². The van der Waals surface area contributed by atoms with Crippen LogP contribution in [0, 0.1) is 5.92 Å². The van der Waals surface area contributed by atoms with E-state index in [9.17, 15) is 8.42 Å². The van der Waals surface area contributed by atoms with Crippen LogP contribution in [0.3, 0.4) is 0 Å². The van der Waals surface area contributed by atoms with E-state index in [0.717, 1.165) is 19.5 Å². The van der Waals surface area contributed by atoms with Gasteiger partial charge in [-0.2, -0.15) is 0 Å². The number of unbranched alkanes of at least 4 members (excludes halogenated alkanes) is 1. The van der Waals surface area contributed by atoms with Crippen LogP contribution in [0.4, 0.5) is 0 Å². The summed E-state index contributed by atoms with van der Waals surface area (Å²) < 4.78 is 23.1. The van der Waals surface area contributed by atoms with E-state index in [0.29, 0.717) is 17.4 Å². The molecule has 0 spiro atoms. The van der Waals surface area contributed by atoms with Crippen molar-refractivity contribution in [1.29, 1.82) is 0 Å². The molecule has 0 saturated carbocycles. The minimum Gasteiger partial charge on any atom is -0.299 e. The van der Waals surface area contributed by atoms with Gasteiger partial charge in [-0.15, -0.1) is 0 Å². The Labute approximate surface area is 106 Å². The van der Waals surface area contributed by atoms with Crippen molar-refractivity contribution >= 4 is 9.84 Å². The van der Waals surface area contributed by atoms with Crippen molar-refractivity contribution in [3.05, 3.63) is 0 Å². The highest BCUT2D eigenvalue weighted by atomic mass is 32.2. The van der Waals surface area contributed by atoms with E-state index < -0.39 is 9.84 Å². The summed E-state index contributed by atoms with van der Waals surface area (Å²) in [6.07, 6.45) is 4.36. The third-order valence-corrected chi connectivity index (χ3v) is 5.27. The smallest absolute Gasteiger partial charge is 0.151 e. The van der Waals surface area contributed by atoms with E-state index in [4.69, 9.17) is 0 Å². The van der Waals surface area contributed by atoms with Crippen LogP contribution in [0.5, 0.6) is 0 Å². The van der Waals surface area contributed by atoms with Crippen LogP contribution in [-0.4, -0.2) is 44.0 Å². The first-order valence-corrected chi connectivity index (χ1v) is 8.71. The van der Waals surface area contributed by atoms with Gasteiger partial charge in [0, 0.05) is 6.04 Å². The molecule has 1 heterocycles. The van der Waals surface area contributed by atoms with Gasteiger partial charge in [0.25, 0.3) is 0 Å². The summed E-state index contributed by atoms with van der Waals surface area (Å²) in [5.41, 5.74) is 0. The maximum atomic E-state index is 11.5. The van der Waals surface area contributed by atoms with Crippen molar-refractivity contribution in [1.82, 2.24) is 4.90 Å². The minimum atomic E-state index is -2.75. The second-order valence-corrected chi connectivity index (χ2v) is 7.86. The summed E-state index contributed by atoms with van der Waals surface area (Å²) in [6.45, 7) is 8.75. The SMILES string of the molecule is CCCCN(CCC(C)C)C1CCS(=O)(=O)C1. The number of rotatable bonds is 7. The Morgan fingerprint density at radius 2 is 2.00 bits per heavy atom. The fraction of sp³-hybridized carbons (Fsp3) is 1.00. The van der Waals surface area contributed by atoms with E-state index in [1.807, 2.05) is 0 Å². The lowest BCUT2D eigenvalue weighted by Gasteiger charge is -2.28. The van der Waals surface area contributed by atoms with Crippen LogP contribution in [0.1, 0.15) is 46.5 Å². The molecule has 17 heavy (non-hydrogen) atoms. The molecule has 0 N–H and O–H groups in total. The number of nitrogens with zero attached hydrogens (tertiary/aromatic N) is 1. The van der Waals surface area contributed by atoms with Crippen LogP contribution in [-0.2, 0) is 9.84 Å². The second kappa shape index (κ2) is 6.74. The highest BCUT2D eigenvalue weighted by Crippen LogP contribution is 2.19. The average molecular weight is 261 g/mol. The van der Waals surface area contributed by atoms with Crippen LogP contribution in [0.2, 0.25) is 0 Å². The lowest BCUT2D eigenvalue weighted by Crippen LogP contribution is -2.38. The summed E-state index contributed by atoms with van der Waals surface area (Å²) in [6, 6.07) is 0.283. The van der Waals surface area contributed by atoms with Crippen LogP contribution >= 0.6 is 0 Å². The third kappa shape index (κ3) is 5.38. The lowest BCUT2D eigenvalue weighted by atomic mass is 10.1. The Bertz CT molecular complexity index is 311. The normalized spacial score (nSPS) is 23.7. The fourth-order valence-corrected chi connectivity index (χ4v) is 4.09. The fourth-order valence-electron chi connectivity index (χ4n) is 2.33. The number of sulfone groups is 1. The Morgan fingerprint density at radius 3 is 2.47 bits per heavy atom. The molecular formula is C13H27NO2S. The van der Waals surface area contributed by atoms with Gasteiger partial charge >= 0.3 is 0 Å². The Balaban J connectivity index is 2.50. The molecular weight excluding hydrogens is 234 g/mol. The van der Waals surface area contributed by atoms with Gasteiger partial charge in [-0.25, -0.2) is 8.42 Å². The van der Waals surface area contributed by atoms with E-state index in [2.05, 4.69) is 25.7 Å². The third-order valence-electron chi connectivity index (χ3n) is 3.52. The van der Waals surface area contributed by atoms with Crippen molar-refractivity contribution in [2.75, 3.05) is 24.6 Å². The number of hydrogen-bond donors (Lipinski definition) is 0. The highest BCUT2D eigenvalue weighted by Gasteiger charge is 2.31. The topological polar surface area (TPSA) is 37.4 Å². The monoisotopic (exact) mass is 261 g/mol. The summed E-state index contributed by atoms with van der Waals surface area (Å²) in [5, 5.41) is 0. The van der Waals surface area contributed by atoms with Gasteiger partial charge in [-0.3, -0.25) is 4.90 Å². The Hall–Kier alpha value is -0.0900. The van der Waals surface area contributed by atoms with Crippen molar-refractivity contribution < 1.29 is 8.42 Å². The molecule has 1 aliphatic rings. The summed E-state index contributed by atoms with van der Waals surface area (Å²) in [5.74, 6) is 1.47.